The van der Waals surface area contributed by atoms with E-state index in [1.54, 1.807) is 11.3 Å². The van der Waals surface area contributed by atoms with Crippen molar-refractivity contribution in [1.29, 1.82) is 0 Å². The van der Waals surface area contributed by atoms with Crippen LogP contribution in [0.4, 0.5) is 0 Å². The molecule has 0 saturated carbocycles. The highest BCUT2D eigenvalue weighted by molar-refractivity contribution is 7.17. The molecule has 25 heavy (non-hydrogen) atoms. The average molecular weight is 359 g/mol. The second kappa shape index (κ2) is 7.06. The van der Waals surface area contributed by atoms with Crippen LogP contribution in [0.25, 0.3) is 10.1 Å². The Morgan fingerprint density at radius 1 is 1.36 bits per heavy atom. The fraction of sp³-hybridized carbons (Fsp3) is 0.550. The first-order valence-electron chi connectivity index (χ1n) is 9.16. The molecule has 0 N–H and O–H groups in total. The maximum atomic E-state index is 13.0. The van der Waals surface area contributed by atoms with Crippen molar-refractivity contribution < 1.29 is 14.3 Å². The summed E-state index contributed by atoms with van der Waals surface area (Å²) < 4.78 is 12.6. The largest absolute Gasteiger partial charge is 0.379 e. The Bertz CT molecular complexity index is 748. The number of benzene rings is 1. The summed E-state index contributed by atoms with van der Waals surface area (Å²) in [5, 5.41) is 3.09. The minimum atomic E-state index is 0.178. The number of hydrogen-bond acceptors (Lipinski definition) is 4. The van der Waals surface area contributed by atoms with Crippen LogP contribution in [0, 0.1) is 5.41 Å². The number of hydrogen-bond donors (Lipinski definition) is 0. The highest BCUT2D eigenvalue weighted by atomic mass is 32.1. The van der Waals surface area contributed by atoms with Crippen molar-refractivity contribution in [3.8, 4) is 0 Å². The Morgan fingerprint density at radius 3 is 2.96 bits per heavy atom. The number of piperidine rings is 1. The third kappa shape index (κ3) is 3.33. The van der Waals surface area contributed by atoms with Crippen LogP contribution in [0.3, 0.4) is 0 Å². The molecule has 1 aromatic carbocycles. The van der Waals surface area contributed by atoms with Crippen LogP contribution < -0.4 is 0 Å². The van der Waals surface area contributed by atoms with Gasteiger partial charge in [-0.3, -0.25) is 4.79 Å². The first-order chi connectivity index (χ1) is 12.2. The van der Waals surface area contributed by atoms with Gasteiger partial charge in [0.2, 0.25) is 0 Å². The van der Waals surface area contributed by atoms with Gasteiger partial charge in [0.05, 0.1) is 24.9 Å². The van der Waals surface area contributed by atoms with Gasteiger partial charge in [0.25, 0.3) is 5.91 Å². The molecule has 2 aliphatic heterocycles. The lowest BCUT2D eigenvalue weighted by Gasteiger charge is -2.38. The number of ether oxygens (including phenoxy) is 2. The van der Waals surface area contributed by atoms with Gasteiger partial charge in [-0.1, -0.05) is 18.2 Å². The number of nitrogens with zero attached hydrogens (tertiary/aromatic N) is 1. The summed E-state index contributed by atoms with van der Waals surface area (Å²) in [6.45, 7) is 5.92. The van der Waals surface area contributed by atoms with Crippen molar-refractivity contribution in [3.05, 3.63) is 35.2 Å². The predicted molar refractivity (Wildman–Crippen MR) is 100 cm³/mol. The van der Waals surface area contributed by atoms with Crippen molar-refractivity contribution in [1.82, 2.24) is 4.90 Å². The molecule has 0 bridgehead atoms. The normalized spacial score (nSPS) is 22.8. The molecule has 2 aromatic rings. The molecule has 4 nitrogen and oxygen atoms in total. The maximum Gasteiger partial charge on any atom is 0.255 e. The zero-order valence-corrected chi connectivity index (χ0v) is 15.5. The third-order valence-corrected chi connectivity index (χ3v) is 6.58. The third-order valence-electron chi connectivity index (χ3n) is 5.62. The van der Waals surface area contributed by atoms with Gasteiger partial charge in [-0.15, -0.1) is 11.3 Å². The second-order valence-electron chi connectivity index (χ2n) is 7.23. The lowest BCUT2D eigenvalue weighted by Crippen LogP contribution is -2.43. The summed E-state index contributed by atoms with van der Waals surface area (Å²) in [7, 11) is 0. The van der Waals surface area contributed by atoms with E-state index in [0.717, 1.165) is 56.5 Å². The van der Waals surface area contributed by atoms with Crippen LogP contribution in [0.1, 0.15) is 36.5 Å². The van der Waals surface area contributed by atoms with Crippen LogP contribution in [0.15, 0.2) is 29.6 Å². The fourth-order valence-electron chi connectivity index (χ4n) is 4.10. The Kier molecular flexibility index (Phi) is 4.80. The van der Waals surface area contributed by atoms with E-state index in [-0.39, 0.29) is 17.4 Å². The van der Waals surface area contributed by atoms with E-state index in [2.05, 4.69) is 6.07 Å². The lowest BCUT2D eigenvalue weighted by atomic mass is 9.76. The number of rotatable bonds is 4. The van der Waals surface area contributed by atoms with Crippen molar-refractivity contribution in [2.75, 3.05) is 32.9 Å². The second-order valence-corrected chi connectivity index (χ2v) is 8.15. The van der Waals surface area contributed by atoms with E-state index in [1.807, 2.05) is 35.4 Å². The van der Waals surface area contributed by atoms with Gasteiger partial charge in [0, 0.05) is 35.2 Å². The molecule has 5 heteroatoms. The minimum Gasteiger partial charge on any atom is -0.379 e. The standard InChI is InChI=1S/C20H25NO3S/c1-2-23-12-15-11-20(14-24-15)7-9-21(10-8-20)19(22)17-13-25-18-6-4-3-5-16(17)18/h3-6,13,15H,2,7-12,14H2,1H3. The van der Waals surface area contributed by atoms with E-state index in [1.165, 1.54) is 4.70 Å². The van der Waals surface area contributed by atoms with E-state index < -0.39 is 0 Å². The SMILES string of the molecule is CCOCC1CC2(CCN(C(=O)c3csc4ccccc34)CC2)CO1. The maximum absolute atomic E-state index is 13.0. The van der Waals surface area contributed by atoms with Crippen LogP contribution >= 0.6 is 11.3 Å². The number of fused-ring (bicyclic) bond motifs is 1. The molecule has 2 fully saturated rings. The molecule has 1 amide bonds. The van der Waals surface area contributed by atoms with Gasteiger partial charge in [0.1, 0.15) is 0 Å². The minimum absolute atomic E-state index is 0.178. The summed E-state index contributed by atoms with van der Waals surface area (Å²) in [4.78, 5) is 15.0. The number of thiophene rings is 1. The molecule has 4 rings (SSSR count). The van der Waals surface area contributed by atoms with Crippen LogP contribution in [-0.2, 0) is 9.47 Å². The smallest absolute Gasteiger partial charge is 0.255 e. The molecule has 0 radical (unpaired) electrons. The van der Waals surface area contributed by atoms with Gasteiger partial charge >= 0.3 is 0 Å². The summed E-state index contributed by atoms with van der Waals surface area (Å²) in [6.07, 6.45) is 3.35. The summed E-state index contributed by atoms with van der Waals surface area (Å²) in [5.41, 5.74) is 1.10. The molecule has 1 aromatic heterocycles. The molecular weight excluding hydrogens is 334 g/mol. The fourth-order valence-corrected chi connectivity index (χ4v) is 5.03. The highest BCUT2D eigenvalue weighted by Crippen LogP contribution is 2.42. The van der Waals surface area contributed by atoms with E-state index in [0.29, 0.717) is 6.61 Å². The van der Waals surface area contributed by atoms with Gasteiger partial charge < -0.3 is 14.4 Å². The Hall–Kier alpha value is -1.43. The molecule has 3 heterocycles. The molecule has 1 atom stereocenters. The van der Waals surface area contributed by atoms with E-state index in [4.69, 9.17) is 9.47 Å². The van der Waals surface area contributed by atoms with Crippen LogP contribution in [-0.4, -0.2) is 49.8 Å². The average Bonchev–Trinajstić information content (AvgIpc) is 3.25. The van der Waals surface area contributed by atoms with E-state index in [9.17, 15) is 4.79 Å². The molecule has 134 valence electrons. The van der Waals surface area contributed by atoms with Crippen molar-refractivity contribution in [2.24, 2.45) is 5.41 Å². The van der Waals surface area contributed by atoms with E-state index >= 15 is 0 Å². The highest BCUT2D eigenvalue weighted by Gasteiger charge is 2.43. The number of carbonyl (C=O) groups is 1. The van der Waals surface area contributed by atoms with Crippen molar-refractivity contribution in [3.63, 3.8) is 0 Å². The predicted octanol–water partition coefficient (Wildman–Crippen LogP) is 3.95. The number of carbonyl (C=O) groups excluding carboxylic acids is 1. The summed E-state index contributed by atoms with van der Waals surface area (Å²) in [5.74, 6) is 0.178. The summed E-state index contributed by atoms with van der Waals surface area (Å²) >= 11 is 1.65. The quantitative estimate of drug-likeness (QED) is 0.830. The van der Waals surface area contributed by atoms with Gasteiger partial charge in [0.15, 0.2) is 0 Å². The Morgan fingerprint density at radius 2 is 2.16 bits per heavy atom. The number of amides is 1. The molecule has 1 unspecified atom stereocenters. The van der Waals surface area contributed by atoms with Crippen LogP contribution in [0.2, 0.25) is 0 Å². The molecule has 0 aliphatic carbocycles. The van der Waals surface area contributed by atoms with Gasteiger partial charge in [-0.2, -0.15) is 0 Å². The first kappa shape index (κ1) is 17.0. The van der Waals surface area contributed by atoms with Gasteiger partial charge in [-0.25, -0.2) is 0 Å². The first-order valence-corrected chi connectivity index (χ1v) is 10.0. The number of likely N-dealkylation sites (tertiary alicyclic amines) is 1. The molecule has 2 aliphatic rings. The molecule has 2 saturated heterocycles. The molecular formula is C20H25NO3S. The zero-order valence-electron chi connectivity index (χ0n) is 14.7. The zero-order chi connectivity index (χ0) is 17.3. The van der Waals surface area contributed by atoms with Crippen molar-refractivity contribution in [2.45, 2.75) is 32.3 Å². The Labute approximate surface area is 152 Å². The topological polar surface area (TPSA) is 38.8 Å². The van der Waals surface area contributed by atoms with Crippen LogP contribution in [0.5, 0.6) is 0 Å². The summed E-state index contributed by atoms with van der Waals surface area (Å²) in [6, 6.07) is 8.16. The monoisotopic (exact) mass is 359 g/mol. The lowest BCUT2D eigenvalue weighted by molar-refractivity contribution is 0.0159. The van der Waals surface area contributed by atoms with Crippen molar-refractivity contribution >= 4 is 27.3 Å². The van der Waals surface area contributed by atoms with Gasteiger partial charge in [-0.05, 0) is 37.7 Å². The Balaban J connectivity index is 1.40. The molecule has 1 spiro atoms.